The first-order chi connectivity index (χ1) is 14.5. The van der Waals surface area contributed by atoms with E-state index in [0.717, 1.165) is 5.56 Å². The Labute approximate surface area is 175 Å². The summed E-state index contributed by atoms with van der Waals surface area (Å²) >= 11 is 1.19. The molecule has 0 saturated heterocycles. The molecule has 30 heavy (non-hydrogen) atoms. The molecule has 2 aromatic heterocycles. The van der Waals surface area contributed by atoms with E-state index in [1.54, 1.807) is 53.0 Å². The normalized spacial score (nSPS) is 10.9. The highest BCUT2D eigenvalue weighted by molar-refractivity contribution is 7.99. The van der Waals surface area contributed by atoms with E-state index in [1.165, 1.54) is 30.8 Å². The van der Waals surface area contributed by atoms with E-state index in [0.29, 0.717) is 27.7 Å². The molecule has 1 N–H and O–H groups in total. The highest BCUT2D eigenvalue weighted by atomic mass is 32.2. The van der Waals surface area contributed by atoms with E-state index in [-0.39, 0.29) is 23.3 Å². The minimum Gasteiger partial charge on any atom is -0.325 e. The molecule has 0 atom stereocenters. The van der Waals surface area contributed by atoms with E-state index >= 15 is 0 Å². The van der Waals surface area contributed by atoms with Crippen molar-refractivity contribution in [3.8, 4) is 11.3 Å². The molecule has 4 aromatic rings. The predicted molar refractivity (Wildman–Crippen MR) is 112 cm³/mol. The summed E-state index contributed by atoms with van der Waals surface area (Å²) in [6, 6.07) is 16.3. The molecular formula is C21H16FN5O2S. The van der Waals surface area contributed by atoms with Crippen molar-refractivity contribution in [2.24, 2.45) is 0 Å². The highest BCUT2D eigenvalue weighted by Crippen LogP contribution is 2.21. The number of carbonyl (C=O) groups excluding carboxylic acids is 2. The smallest absolute Gasteiger partial charge is 0.234 e. The molecule has 7 nitrogen and oxygen atoms in total. The van der Waals surface area contributed by atoms with Crippen LogP contribution in [-0.2, 0) is 4.79 Å². The number of thioether (sulfide) groups is 1. The lowest BCUT2D eigenvalue weighted by molar-refractivity contribution is -0.113. The zero-order valence-electron chi connectivity index (χ0n) is 15.9. The number of benzene rings is 2. The summed E-state index contributed by atoms with van der Waals surface area (Å²) in [5.41, 5.74) is 3.01. The molecule has 4 rings (SSSR count). The van der Waals surface area contributed by atoms with Crippen LogP contribution in [-0.4, -0.2) is 37.3 Å². The molecule has 9 heteroatoms. The lowest BCUT2D eigenvalue weighted by Crippen LogP contribution is -2.14. The second kappa shape index (κ2) is 8.42. The molecule has 2 heterocycles. The molecular weight excluding hydrogens is 405 g/mol. The molecule has 0 fully saturated rings. The highest BCUT2D eigenvalue weighted by Gasteiger charge is 2.12. The number of nitrogens with one attached hydrogen (secondary N) is 1. The van der Waals surface area contributed by atoms with Crippen LogP contribution in [0.4, 0.5) is 10.1 Å². The van der Waals surface area contributed by atoms with Crippen LogP contribution in [0.2, 0.25) is 0 Å². The van der Waals surface area contributed by atoms with Crippen LogP contribution in [0, 0.1) is 5.82 Å². The van der Waals surface area contributed by atoms with Crippen molar-refractivity contribution in [3.63, 3.8) is 0 Å². The molecule has 150 valence electrons. The largest absolute Gasteiger partial charge is 0.325 e. The van der Waals surface area contributed by atoms with Crippen molar-refractivity contribution >= 4 is 34.8 Å². The van der Waals surface area contributed by atoms with Gasteiger partial charge in [0.1, 0.15) is 5.82 Å². The van der Waals surface area contributed by atoms with Crippen LogP contribution >= 0.6 is 11.8 Å². The molecule has 1 amide bonds. The van der Waals surface area contributed by atoms with Crippen LogP contribution in [0.25, 0.3) is 16.9 Å². The molecule has 0 aliphatic carbocycles. The number of hydrogen-bond acceptors (Lipinski definition) is 6. The van der Waals surface area contributed by atoms with E-state index in [2.05, 4.69) is 20.6 Å². The molecule has 0 bridgehead atoms. The number of anilines is 1. The first kappa shape index (κ1) is 19.7. The zero-order valence-corrected chi connectivity index (χ0v) is 16.7. The first-order valence-corrected chi connectivity index (χ1v) is 10.0. The van der Waals surface area contributed by atoms with Crippen molar-refractivity contribution in [1.82, 2.24) is 19.8 Å². The molecule has 0 unspecified atom stereocenters. The quantitative estimate of drug-likeness (QED) is 0.376. The van der Waals surface area contributed by atoms with Crippen LogP contribution in [0.5, 0.6) is 0 Å². The molecule has 0 spiro atoms. The molecule has 2 aromatic carbocycles. The molecule has 0 aliphatic heterocycles. The summed E-state index contributed by atoms with van der Waals surface area (Å²) in [4.78, 5) is 23.8. The van der Waals surface area contributed by atoms with Gasteiger partial charge in [-0.25, -0.2) is 4.39 Å². The van der Waals surface area contributed by atoms with Gasteiger partial charge in [0.2, 0.25) is 11.1 Å². The van der Waals surface area contributed by atoms with Gasteiger partial charge in [-0.05, 0) is 55.5 Å². The number of rotatable bonds is 6. The second-order valence-electron chi connectivity index (χ2n) is 6.45. The van der Waals surface area contributed by atoms with Gasteiger partial charge in [0, 0.05) is 16.8 Å². The average Bonchev–Trinajstić information content (AvgIpc) is 3.15. The van der Waals surface area contributed by atoms with Crippen molar-refractivity contribution < 1.29 is 14.0 Å². The van der Waals surface area contributed by atoms with Crippen molar-refractivity contribution in [3.05, 3.63) is 72.0 Å². The first-order valence-electron chi connectivity index (χ1n) is 9.02. The third-order valence-electron chi connectivity index (χ3n) is 4.26. The maximum Gasteiger partial charge on any atom is 0.234 e. The van der Waals surface area contributed by atoms with Crippen molar-refractivity contribution in [1.29, 1.82) is 0 Å². The molecule has 0 radical (unpaired) electrons. The van der Waals surface area contributed by atoms with Gasteiger partial charge in [0.15, 0.2) is 11.4 Å². The van der Waals surface area contributed by atoms with Gasteiger partial charge < -0.3 is 5.32 Å². The van der Waals surface area contributed by atoms with Crippen LogP contribution in [0.15, 0.2) is 65.8 Å². The third kappa shape index (κ3) is 4.36. The lowest BCUT2D eigenvalue weighted by Gasteiger charge is -2.06. The Morgan fingerprint density at radius 3 is 2.63 bits per heavy atom. The minimum atomic E-state index is -0.319. The Kier molecular flexibility index (Phi) is 5.53. The fourth-order valence-electron chi connectivity index (χ4n) is 2.78. The number of nitrogens with zero attached hydrogens (tertiary/aromatic N) is 4. The van der Waals surface area contributed by atoms with Crippen LogP contribution in [0.1, 0.15) is 17.3 Å². The van der Waals surface area contributed by atoms with Crippen LogP contribution in [0.3, 0.4) is 0 Å². The Bertz CT molecular complexity index is 1240. The number of hydrogen-bond donors (Lipinski definition) is 1. The zero-order chi connectivity index (χ0) is 21.1. The fourth-order valence-corrected chi connectivity index (χ4v) is 3.46. The second-order valence-corrected chi connectivity index (χ2v) is 7.39. The summed E-state index contributed by atoms with van der Waals surface area (Å²) in [6.07, 6.45) is 0. The molecule has 0 aliphatic rings. The van der Waals surface area contributed by atoms with E-state index in [9.17, 15) is 14.0 Å². The summed E-state index contributed by atoms with van der Waals surface area (Å²) in [7, 11) is 0. The van der Waals surface area contributed by atoms with Gasteiger partial charge in [0.25, 0.3) is 0 Å². The van der Waals surface area contributed by atoms with Gasteiger partial charge in [-0.1, -0.05) is 23.9 Å². The Morgan fingerprint density at radius 1 is 1.07 bits per heavy atom. The number of ketones is 1. The number of carbonyl (C=O) groups is 2. The SMILES string of the molecule is CC(=O)c1cccc(NC(=O)CSc2nnc3ccc(-c4ccc(F)cc4)nn23)c1. The van der Waals surface area contributed by atoms with Gasteiger partial charge in [0.05, 0.1) is 11.4 Å². The summed E-state index contributed by atoms with van der Waals surface area (Å²) in [5, 5.41) is 15.9. The number of halogens is 1. The monoisotopic (exact) mass is 421 g/mol. The van der Waals surface area contributed by atoms with Crippen molar-refractivity contribution in [2.75, 3.05) is 11.1 Å². The third-order valence-corrected chi connectivity index (χ3v) is 5.18. The van der Waals surface area contributed by atoms with E-state index in [1.807, 2.05) is 0 Å². The Balaban J connectivity index is 1.48. The van der Waals surface area contributed by atoms with Gasteiger partial charge in [-0.3, -0.25) is 9.59 Å². The maximum absolute atomic E-state index is 13.2. The topological polar surface area (TPSA) is 89.2 Å². The number of aromatic nitrogens is 4. The summed E-state index contributed by atoms with van der Waals surface area (Å²) in [6.45, 7) is 1.47. The summed E-state index contributed by atoms with van der Waals surface area (Å²) < 4.78 is 14.7. The Morgan fingerprint density at radius 2 is 1.87 bits per heavy atom. The van der Waals surface area contributed by atoms with E-state index < -0.39 is 0 Å². The van der Waals surface area contributed by atoms with E-state index in [4.69, 9.17) is 0 Å². The predicted octanol–water partition coefficient (Wildman–Crippen LogP) is 3.86. The van der Waals surface area contributed by atoms with Crippen LogP contribution < -0.4 is 5.32 Å². The average molecular weight is 421 g/mol. The lowest BCUT2D eigenvalue weighted by atomic mass is 10.1. The standard InChI is InChI=1S/C21H16FN5O2S/c1-13(28)15-3-2-4-17(11-15)23-20(29)12-30-21-25-24-19-10-9-18(26-27(19)21)14-5-7-16(22)8-6-14/h2-11H,12H2,1H3,(H,23,29). The van der Waals surface area contributed by atoms with Gasteiger partial charge in [-0.15, -0.1) is 10.2 Å². The minimum absolute atomic E-state index is 0.0709. The number of Topliss-reactive ketones (excluding diaryl/α,β-unsaturated/α-hetero) is 1. The molecule has 0 saturated carbocycles. The van der Waals surface area contributed by atoms with Gasteiger partial charge in [-0.2, -0.15) is 9.61 Å². The summed E-state index contributed by atoms with van der Waals surface area (Å²) in [5.74, 6) is -0.543. The maximum atomic E-state index is 13.2. The fraction of sp³-hybridized carbons (Fsp3) is 0.0952. The van der Waals surface area contributed by atoms with Gasteiger partial charge >= 0.3 is 0 Å². The number of amides is 1. The Hall–Kier alpha value is -3.59. The van der Waals surface area contributed by atoms with Crippen molar-refractivity contribution in [2.45, 2.75) is 12.1 Å². The number of fused-ring (bicyclic) bond motifs is 1.